The van der Waals surface area contributed by atoms with Crippen molar-refractivity contribution in [1.82, 2.24) is 15.3 Å². The predicted octanol–water partition coefficient (Wildman–Crippen LogP) is 0.960. The molecule has 2 rings (SSSR count). The number of aromatic nitrogens is 2. The summed E-state index contributed by atoms with van der Waals surface area (Å²) in [6.45, 7) is -0.0270. The molecule has 0 aliphatic heterocycles. The van der Waals surface area contributed by atoms with Crippen molar-refractivity contribution in [3.8, 4) is 0 Å². The Morgan fingerprint density at radius 2 is 2.38 bits per heavy atom. The number of halogens is 2. The number of rotatable bonds is 4. The molecule has 86 valence electrons. The Morgan fingerprint density at radius 1 is 1.62 bits per heavy atom. The van der Waals surface area contributed by atoms with Crippen LogP contribution in [0, 0.1) is 5.82 Å². The molecule has 1 aliphatic carbocycles. The molecule has 1 aromatic heterocycles. The van der Waals surface area contributed by atoms with Gasteiger partial charge in [-0.05, 0) is 24.4 Å². The smallest absolute Gasteiger partial charge is 0.239 e. The quantitative estimate of drug-likeness (QED) is 0.775. The second-order valence-electron chi connectivity index (χ2n) is 3.53. The molecule has 0 bridgehead atoms. The Hall–Kier alpha value is -1.43. The van der Waals surface area contributed by atoms with E-state index in [1.54, 1.807) is 0 Å². The molecule has 0 aromatic carbocycles. The highest BCUT2D eigenvalue weighted by molar-refractivity contribution is 6.28. The third-order valence-corrected chi connectivity index (χ3v) is 2.26. The largest absolute Gasteiger partial charge is 0.358 e. The van der Waals surface area contributed by atoms with Crippen LogP contribution in [-0.4, -0.2) is 28.5 Å². The van der Waals surface area contributed by atoms with Crippen molar-refractivity contribution in [3.63, 3.8) is 0 Å². The van der Waals surface area contributed by atoms with E-state index in [0.29, 0.717) is 0 Å². The Kier molecular flexibility index (Phi) is 3.19. The molecular weight excluding hydrogens is 235 g/mol. The third kappa shape index (κ3) is 3.03. The number of anilines is 1. The molecule has 0 unspecified atom stereocenters. The lowest BCUT2D eigenvalue weighted by Crippen LogP contribution is -2.31. The molecule has 1 amide bonds. The first-order valence-corrected chi connectivity index (χ1v) is 5.24. The van der Waals surface area contributed by atoms with E-state index in [-0.39, 0.29) is 29.6 Å². The topological polar surface area (TPSA) is 66.9 Å². The lowest BCUT2D eigenvalue weighted by atomic mass is 10.5. The molecule has 0 saturated heterocycles. The van der Waals surface area contributed by atoms with Gasteiger partial charge in [-0.3, -0.25) is 4.79 Å². The van der Waals surface area contributed by atoms with Gasteiger partial charge in [-0.1, -0.05) is 0 Å². The number of nitrogens with zero attached hydrogens (tertiary/aromatic N) is 2. The highest BCUT2D eigenvalue weighted by Gasteiger charge is 2.23. The van der Waals surface area contributed by atoms with Gasteiger partial charge < -0.3 is 10.6 Å². The van der Waals surface area contributed by atoms with E-state index >= 15 is 0 Å². The summed E-state index contributed by atoms with van der Waals surface area (Å²) < 4.78 is 13.1. The summed E-state index contributed by atoms with van der Waals surface area (Å²) >= 11 is 5.50. The fourth-order valence-electron chi connectivity index (χ4n) is 1.14. The minimum absolute atomic E-state index is 0.0270. The molecule has 1 fully saturated rings. The third-order valence-electron chi connectivity index (χ3n) is 2.07. The van der Waals surface area contributed by atoms with Crippen molar-refractivity contribution in [2.75, 3.05) is 11.9 Å². The van der Waals surface area contributed by atoms with Crippen LogP contribution in [0.2, 0.25) is 5.28 Å². The normalized spacial score (nSPS) is 14.6. The van der Waals surface area contributed by atoms with Crippen LogP contribution in [0.15, 0.2) is 6.20 Å². The molecule has 2 N–H and O–H groups in total. The molecule has 1 aliphatic rings. The molecule has 1 heterocycles. The monoisotopic (exact) mass is 244 g/mol. The second-order valence-corrected chi connectivity index (χ2v) is 3.87. The van der Waals surface area contributed by atoms with Crippen LogP contribution < -0.4 is 10.6 Å². The summed E-state index contributed by atoms with van der Waals surface area (Å²) in [6.07, 6.45) is 2.98. The molecule has 1 saturated carbocycles. The molecule has 0 atom stereocenters. The molecule has 5 nitrogen and oxygen atoms in total. The minimum Gasteiger partial charge on any atom is -0.358 e. The van der Waals surface area contributed by atoms with Crippen molar-refractivity contribution in [3.05, 3.63) is 17.3 Å². The Bertz CT molecular complexity index is 410. The van der Waals surface area contributed by atoms with Gasteiger partial charge in [0.25, 0.3) is 0 Å². The zero-order valence-electron chi connectivity index (χ0n) is 8.33. The fourth-order valence-corrected chi connectivity index (χ4v) is 1.27. The van der Waals surface area contributed by atoms with Crippen molar-refractivity contribution in [2.24, 2.45) is 0 Å². The minimum atomic E-state index is -0.636. The summed E-state index contributed by atoms with van der Waals surface area (Å²) in [4.78, 5) is 18.4. The summed E-state index contributed by atoms with van der Waals surface area (Å²) in [6, 6.07) is 0.285. The average Bonchev–Trinajstić information content (AvgIpc) is 3.03. The maximum absolute atomic E-state index is 13.1. The second kappa shape index (κ2) is 4.61. The maximum atomic E-state index is 13.1. The summed E-state index contributed by atoms with van der Waals surface area (Å²) in [5.41, 5.74) is 0. The highest BCUT2D eigenvalue weighted by Crippen LogP contribution is 2.18. The van der Waals surface area contributed by atoms with E-state index in [1.807, 2.05) is 0 Å². The number of hydrogen-bond acceptors (Lipinski definition) is 4. The van der Waals surface area contributed by atoms with Gasteiger partial charge in [0.2, 0.25) is 11.2 Å². The van der Waals surface area contributed by atoms with Crippen molar-refractivity contribution < 1.29 is 9.18 Å². The highest BCUT2D eigenvalue weighted by atomic mass is 35.5. The van der Waals surface area contributed by atoms with Crippen LogP contribution in [0.4, 0.5) is 10.2 Å². The molecule has 1 aromatic rings. The maximum Gasteiger partial charge on any atom is 0.239 e. The van der Waals surface area contributed by atoms with Gasteiger partial charge in [-0.15, -0.1) is 0 Å². The summed E-state index contributed by atoms with van der Waals surface area (Å²) in [7, 11) is 0. The van der Waals surface area contributed by atoms with Crippen LogP contribution in [0.25, 0.3) is 0 Å². The number of amides is 1. The van der Waals surface area contributed by atoms with Gasteiger partial charge in [0.1, 0.15) is 0 Å². The predicted molar refractivity (Wildman–Crippen MR) is 56.7 cm³/mol. The Labute approximate surface area is 96.4 Å². The zero-order chi connectivity index (χ0) is 11.5. The van der Waals surface area contributed by atoms with Gasteiger partial charge in [0.05, 0.1) is 12.7 Å². The van der Waals surface area contributed by atoms with E-state index in [1.165, 1.54) is 0 Å². The number of hydrogen-bond donors (Lipinski definition) is 2. The first kappa shape index (κ1) is 11.1. The molecule has 16 heavy (non-hydrogen) atoms. The van der Waals surface area contributed by atoms with E-state index in [9.17, 15) is 9.18 Å². The number of carbonyl (C=O) groups is 1. The van der Waals surface area contributed by atoms with Crippen LogP contribution in [0.1, 0.15) is 12.8 Å². The number of carbonyl (C=O) groups excluding carboxylic acids is 1. The van der Waals surface area contributed by atoms with Gasteiger partial charge in [-0.25, -0.2) is 9.37 Å². The van der Waals surface area contributed by atoms with Gasteiger partial charge in [0, 0.05) is 6.04 Å². The summed E-state index contributed by atoms with van der Waals surface area (Å²) in [5.74, 6) is -0.883. The lowest BCUT2D eigenvalue weighted by Gasteiger charge is -2.06. The van der Waals surface area contributed by atoms with E-state index in [0.717, 1.165) is 19.0 Å². The van der Waals surface area contributed by atoms with Crippen molar-refractivity contribution in [1.29, 1.82) is 0 Å². The van der Waals surface area contributed by atoms with Crippen molar-refractivity contribution >= 4 is 23.3 Å². The van der Waals surface area contributed by atoms with E-state index in [2.05, 4.69) is 20.6 Å². The van der Waals surface area contributed by atoms with E-state index in [4.69, 9.17) is 11.6 Å². The lowest BCUT2D eigenvalue weighted by molar-refractivity contribution is -0.119. The number of nitrogens with one attached hydrogen (secondary N) is 2. The SMILES string of the molecule is O=C(CNc1nc(Cl)ncc1F)NC1CC1. The van der Waals surface area contributed by atoms with Crippen LogP contribution in [-0.2, 0) is 4.79 Å². The molecule has 7 heteroatoms. The fraction of sp³-hybridized carbons (Fsp3) is 0.444. The first-order chi connectivity index (χ1) is 7.65. The summed E-state index contributed by atoms with van der Waals surface area (Å²) in [5, 5.41) is 5.26. The standard InChI is InChI=1S/C9H10ClFN4O/c10-9-13-3-6(11)8(15-9)12-4-7(16)14-5-1-2-5/h3,5H,1-2,4H2,(H,14,16)(H,12,13,15). The van der Waals surface area contributed by atoms with E-state index < -0.39 is 5.82 Å². The van der Waals surface area contributed by atoms with Crippen molar-refractivity contribution in [2.45, 2.75) is 18.9 Å². The Balaban J connectivity index is 1.87. The Morgan fingerprint density at radius 3 is 3.06 bits per heavy atom. The first-order valence-electron chi connectivity index (χ1n) is 4.86. The molecule has 0 radical (unpaired) electrons. The molecular formula is C9H10ClFN4O. The van der Waals surface area contributed by atoms with Crippen LogP contribution in [0.5, 0.6) is 0 Å². The van der Waals surface area contributed by atoms with Crippen LogP contribution in [0.3, 0.4) is 0 Å². The van der Waals surface area contributed by atoms with Gasteiger partial charge in [0.15, 0.2) is 11.6 Å². The van der Waals surface area contributed by atoms with Crippen LogP contribution >= 0.6 is 11.6 Å². The zero-order valence-corrected chi connectivity index (χ0v) is 9.09. The molecule has 0 spiro atoms. The van der Waals surface area contributed by atoms with Gasteiger partial charge in [-0.2, -0.15) is 4.98 Å². The average molecular weight is 245 g/mol. The van der Waals surface area contributed by atoms with Gasteiger partial charge >= 0.3 is 0 Å².